The summed E-state index contributed by atoms with van der Waals surface area (Å²) in [5.41, 5.74) is 8.20. The van der Waals surface area contributed by atoms with Crippen molar-refractivity contribution in [3.8, 4) is 0 Å². The summed E-state index contributed by atoms with van der Waals surface area (Å²) in [5, 5.41) is 18.5. The second kappa shape index (κ2) is 4.92. The van der Waals surface area contributed by atoms with E-state index in [-0.39, 0.29) is 5.69 Å². The average molecular weight is 247 g/mol. The first-order valence-electron chi connectivity index (χ1n) is 5.44. The molecule has 1 heterocycles. The van der Waals surface area contributed by atoms with Gasteiger partial charge in [0.15, 0.2) is 0 Å². The number of nitro benzene ring substituents is 1. The molecule has 0 aliphatic rings. The van der Waals surface area contributed by atoms with Crippen LogP contribution >= 0.6 is 0 Å². The number of non-ortho nitro benzene ring substituents is 1. The molecule has 7 nitrogen and oxygen atoms in total. The van der Waals surface area contributed by atoms with Crippen molar-refractivity contribution in [2.45, 2.75) is 20.0 Å². The molecule has 1 aromatic carbocycles. The summed E-state index contributed by atoms with van der Waals surface area (Å²) in [6.45, 7) is 2.77. The molecule has 0 saturated carbocycles. The smallest absolute Gasteiger partial charge is 0.269 e. The van der Waals surface area contributed by atoms with Crippen LogP contribution < -0.4 is 5.73 Å². The maximum atomic E-state index is 10.5. The molecule has 94 valence electrons. The summed E-state index contributed by atoms with van der Waals surface area (Å²) < 4.78 is 1.73. The van der Waals surface area contributed by atoms with E-state index in [0.717, 1.165) is 17.0 Å². The number of hydrogen-bond acceptors (Lipinski definition) is 5. The van der Waals surface area contributed by atoms with Gasteiger partial charge in [0, 0.05) is 18.7 Å². The first kappa shape index (κ1) is 12.2. The van der Waals surface area contributed by atoms with Gasteiger partial charge < -0.3 is 5.73 Å². The lowest BCUT2D eigenvalue weighted by molar-refractivity contribution is -0.384. The van der Waals surface area contributed by atoms with E-state index in [1.54, 1.807) is 16.8 Å². The Morgan fingerprint density at radius 3 is 2.56 bits per heavy atom. The Hall–Kier alpha value is -2.28. The molecule has 0 aliphatic heterocycles. The number of benzene rings is 1. The van der Waals surface area contributed by atoms with Gasteiger partial charge in [-0.2, -0.15) is 0 Å². The molecule has 1 aromatic heterocycles. The number of nitro groups is 1. The van der Waals surface area contributed by atoms with Crippen molar-refractivity contribution in [1.82, 2.24) is 15.0 Å². The highest BCUT2D eigenvalue weighted by Gasteiger charge is 2.08. The first-order chi connectivity index (χ1) is 8.61. The third kappa shape index (κ3) is 2.35. The van der Waals surface area contributed by atoms with Gasteiger partial charge in [0.1, 0.15) is 0 Å². The zero-order valence-electron chi connectivity index (χ0n) is 9.91. The zero-order chi connectivity index (χ0) is 13.1. The van der Waals surface area contributed by atoms with Crippen LogP contribution in [0.3, 0.4) is 0 Å². The van der Waals surface area contributed by atoms with Gasteiger partial charge in [-0.1, -0.05) is 17.3 Å². The summed E-state index contributed by atoms with van der Waals surface area (Å²) in [7, 11) is 0. The number of rotatable bonds is 4. The quantitative estimate of drug-likeness (QED) is 0.641. The maximum absolute atomic E-state index is 10.5. The van der Waals surface area contributed by atoms with Gasteiger partial charge in [0.25, 0.3) is 5.69 Å². The predicted octanol–water partition coefficient (Wildman–Crippen LogP) is 1.00. The molecule has 2 rings (SSSR count). The SMILES string of the molecule is Cc1c(CN)nnn1Cc1ccc([N+](=O)[O-])cc1. The Kier molecular flexibility index (Phi) is 3.33. The van der Waals surface area contributed by atoms with Crippen molar-refractivity contribution in [2.75, 3.05) is 0 Å². The van der Waals surface area contributed by atoms with Crippen molar-refractivity contribution < 1.29 is 4.92 Å². The van der Waals surface area contributed by atoms with E-state index in [0.29, 0.717) is 13.1 Å². The fraction of sp³-hybridized carbons (Fsp3) is 0.273. The average Bonchev–Trinajstić information content (AvgIpc) is 2.71. The molecule has 0 bridgehead atoms. The molecule has 0 unspecified atom stereocenters. The van der Waals surface area contributed by atoms with E-state index in [1.165, 1.54) is 12.1 Å². The van der Waals surface area contributed by atoms with Crippen LogP contribution in [0, 0.1) is 17.0 Å². The second-order valence-corrected chi connectivity index (χ2v) is 3.91. The Labute approximate surface area is 103 Å². The molecular weight excluding hydrogens is 234 g/mol. The van der Waals surface area contributed by atoms with E-state index in [4.69, 9.17) is 5.73 Å². The molecule has 2 aromatic rings. The van der Waals surface area contributed by atoms with Crippen molar-refractivity contribution in [3.63, 3.8) is 0 Å². The minimum absolute atomic E-state index is 0.0803. The Morgan fingerprint density at radius 2 is 2.06 bits per heavy atom. The van der Waals surface area contributed by atoms with Gasteiger partial charge in [-0.3, -0.25) is 10.1 Å². The fourth-order valence-corrected chi connectivity index (χ4v) is 1.63. The van der Waals surface area contributed by atoms with Crippen LogP contribution in [0.4, 0.5) is 5.69 Å². The van der Waals surface area contributed by atoms with Crippen molar-refractivity contribution in [3.05, 3.63) is 51.3 Å². The maximum Gasteiger partial charge on any atom is 0.269 e. The van der Waals surface area contributed by atoms with Gasteiger partial charge in [-0.15, -0.1) is 5.10 Å². The molecular formula is C11H13N5O2. The highest BCUT2D eigenvalue weighted by molar-refractivity contribution is 5.33. The lowest BCUT2D eigenvalue weighted by Crippen LogP contribution is -2.05. The number of nitrogens with two attached hydrogens (primary N) is 1. The van der Waals surface area contributed by atoms with Crippen LogP contribution in [0.2, 0.25) is 0 Å². The second-order valence-electron chi connectivity index (χ2n) is 3.91. The van der Waals surface area contributed by atoms with Crippen LogP contribution in [-0.4, -0.2) is 19.9 Å². The summed E-state index contributed by atoms with van der Waals surface area (Å²) >= 11 is 0. The minimum Gasteiger partial charge on any atom is -0.325 e. The molecule has 0 fully saturated rings. The predicted molar refractivity (Wildman–Crippen MR) is 64.8 cm³/mol. The number of aromatic nitrogens is 3. The van der Waals surface area contributed by atoms with E-state index in [1.807, 2.05) is 6.92 Å². The van der Waals surface area contributed by atoms with Crippen molar-refractivity contribution in [2.24, 2.45) is 5.73 Å². The Morgan fingerprint density at radius 1 is 1.39 bits per heavy atom. The van der Waals surface area contributed by atoms with Gasteiger partial charge in [-0.05, 0) is 12.5 Å². The molecule has 0 saturated heterocycles. The lowest BCUT2D eigenvalue weighted by atomic mass is 10.2. The Bertz CT molecular complexity index is 561. The summed E-state index contributed by atoms with van der Waals surface area (Å²) in [5.74, 6) is 0. The monoisotopic (exact) mass is 247 g/mol. The van der Waals surface area contributed by atoms with E-state index in [2.05, 4.69) is 10.3 Å². The Balaban J connectivity index is 2.18. The van der Waals surface area contributed by atoms with Gasteiger partial charge >= 0.3 is 0 Å². The molecule has 0 atom stereocenters. The lowest BCUT2D eigenvalue weighted by Gasteiger charge is -2.03. The number of nitrogens with zero attached hydrogens (tertiary/aromatic N) is 4. The van der Waals surface area contributed by atoms with Gasteiger partial charge in [-0.25, -0.2) is 4.68 Å². The summed E-state index contributed by atoms with van der Waals surface area (Å²) in [6.07, 6.45) is 0. The molecule has 0 spiro atoms. The molecule has 2 N–H and O–H groups in total. The fourth-order valence-electron chi connectivity index (χ4n) is 1.63. The largest absolute Gasteiger partial charge is 0.325 e. The molecule has 18 heavy (non-hydrogen) atoms. The molecule has 0 amide bonds. The topological polar surface area (TPSA) is 99.9 Å². The third-order valence-electron chi connectivity index (χ3n) is 2.75. The van der Waals surface area contributed by atoms with E-state index >= 15 is 0 Å². The summed E-state index contributed by atoms with van der Waals surface area (Å²) in [4.78, 5) is 10.1. The highest BCUT2D eigenvalue weighted by atomic mass is 16.6. The zero-order valence-corrected chi connectivity index (χ0v) is 9.91. The first-order valence-corrected chi connectivity index (χ1v) is 5.44. The highest BCUT2D eigenvalue weighted by Crippen LogP contribution is 2.13. The van der Waals surface area contributed by atoms with Gasteiger partial charge in [0.05, 0.1) is 22.9 Å². The van der Waals surface area contributed by atoms with Crippen LogP contribution in [-0.2, 0) is 13.1 Å². The van der Waals surface area contributed by atoms with Crippen molar-refractivity contribution in [1.29, 1.82) is 0 Å². The normalized spacial score (nSPS) is 10.6. The van der Waals surface area contributed by atoms with Crippen LogP contribution in [0.25, 0.3) is 0 Å². The van der Waals surface area contributed by atoms with Crippen LogP contribution in [0.15, 0.2) is 24.3 Å². The van der Waals surface area contributed by atoms with Crippen LogP contribution in [0.1, 0.15) is 17.0 Å². The number of hydrogen-bond donors (Lipinski definition) is 1. The van der Waals surface area contributed by atoms with E-state index in [9.17, 15) is 10.1 Å². The molecule has 7 heteroatoms. The summed E-state index contributed by atoms with van der Waals surface area (Å²) in [6, 6.07) is 6.37. The third-order valence-corrected chi connectivity index (χ3v) is 2.75. The van der Waals surface area contributed by atoms with Crippen LogP contribution in [0.5, 0.6) is 0 Å². The molecule has 0 aliphatic carbocycles. The van der Waals surface area contributed by atoms with Crippen molar-refractivity contribution >= 4 is 5.69 Å². The van der Waals surface area contributed by atoms with Gasteiger partial charge in [0.2, 0.25) is 0 Å². The van der Waals surface area contributed by atoms with E-state index < -0.39 is 4.92 Å². The minimum atomic E-state index is -0.420. The standard InChI is InChI=1S/C11H13N5O2/c1-8-11(6-12)13-14-15(8)7-9-2-4-10(5-3-9)16(17)18/h2-5H,6-7,12H2,1H3. The molecule has 0 radical (unpaired) electrons.